The summed E-state index contributed by atoms with van der Waals surface area (Å²) < 4.78 is 0. The molecular weight excluding hydrogens is 218 g/mol. The summed E-state index contributed by atoms with van der Waals surface area (Å²) in [6.07, 6.45) is 0. The molecule has 0 amide bonds. The maximum Gasteiger partial charge on any atom is 2.00 e. The molecule has 0 bridgehead atoms. The third-order valence-corrected chi connectivity index (χ3v) is 0. The van der Waals surface area contributed by atoms with E-state index in [9.17, 15) is 0 Å². The van der Waals surface area contributed by atoms with Crippen LogP contribution in [0.5, 0.6) is 0 Å². The zero-order valence-electron chi connectivity index (χ0n) is 4.02. The fourth-order valence-electron chi connectivity index (χ4n) is 0. The van der Waals surface area contributed by atoms with Crippen LogP contribution in [0.2, 0.25) is 0 Å². The molecule has 0 unspecified atom stereocenters. The van der Waals surface area contributed by atoms with E-state index in [0.717, 1.165) is 0 Å². The maximum atomic E-state index is 0. The molecule has 0 aliphatic heterocycles. The maximum absolute atomic E-state index is 0. The van der Waals surface area contributed by atoms with Gasteiger partial charge in [0.05, 0.1) is 0 Å². The van der Waals surface area contributed by atoms with E-state index in [2.05, 4.69) is 0 Å². The van der Waals surface area contributed by atoms with Gasteiger partial charge in [-0.1, -0.05) is 0 Å². The molecule has 24 valence electrons. The van der Waals surface area contributed by atoms with Crippen LogP contribution < -0.4 is 0 Å². The topological polar surface area (TPSA) is 0 Å². The second-order valence-electron chi connectivity index (χ2n) is 0. The predicted octanol–water partition coefficient (Wildman–Crippen LogP) is 0.149. The molecule has 0 saturated carbocycles. The van der Waals surface area contributed by atoms with Gasteiger partial charge in [-0.15, -0.1) is 0 Å². The summed E-state index contributed by atoms with van der Waals surface area (Å²) >= 11 is 0. The van der Waals surface area contributed by atoms with Gasteiger partial charge in [0.25, 0.3) is 0 Å². The smallest absolute Gasteiger partial charge is 1.00 e. The molecule has 4 heteroatoms. The minimum atomic E-state index is 0. The van der Waals surface area contributed by atoms with Crippen molar-refractivity contribution in [1.82, 2.24) is 0 Å². The Morgan fingerprint density at radius 2 is 1.00 bits per heavy atom. The van der Waals surface area contributed by atoms with Crippen molar-refractivity contribution >= 4 is 37.7 Å². The van der Waals surface area contributed by atoms with Crippen LogP contribution in [0.4, 0.5) is 9.41 Å². The Labute approximate surface area is 89.8 Å². The van der Waals surface area contributed by atoms with Gasteiger partial charge in [0.15, 0.2) is 0 Å². The van der Waals surface area contributed by atoms with Crippen molar-refractivity contribution in [2.75, 3.05) is 0 Å². The number of hydrogen-bond donors (Lipinski definition) is 0. The van der Waals surface area contributed by atoms with Crippen LogP contribution in [-0.4, -0.2) is 37.7 Å². The average molecular weight is 222 g/mol. The SMILES string of the molecule is F.F.[Ca+2].[Ce].[H-].[H-]. The van der Waals surface area contributed by atoms with Gasteiger partial charge < -0.3 is 2.85 Å². The summed E-state index contributed by atoms with van der Waals surface area (Å²) in [5.74, 6) is 0. The van der Waals surface area contributed by atoms with Gasteiger partial charge in [0.2, 0.25) is 0 Å². The van der Waals surface area contributed by atoms with Crippen LogP contribution in [0.1, 0.15) is 2.85 Å². The van der Waals surface area contributed by atoms with Crippen LogP contribution in [0.25, 0.3) is 0 Å². The first-order valence-corrected chi connectivity index (χ1v) is 0. The van der Waals surface area contributed by atoms with Crippen molar-refractivity contribution in [3.8, 4) is 0 Å². The van der Waals surface area contributed by atoms with Crippen LogP contribution in [0.15, 0.2) is 0 Å². The summed E-state index contributed by atoms with van der Waals surface area (Å²) in [5.41, 5.74) is 0. The number of halogens is 2. The van der Waals surface area contributed by atoms with E-state index in [4.69, 9.17) is 0 Å². The third kappa shape index (κ3) is 8.82. The van der Waals surface area contributed by atoms with Gasteiger partial charge in [0.1, 0.15) is 0 Å². The molecule has 0 fully saturated rings. The van der Waals surface area contributed by atoms with Gasteiger partial charge in [0, 0.05) is 41.7 Å². The van der Waals surface area contributed by atoms with Crippen molar-refractivity contribution in [3.05, 3.63) is 0 Å². The first-order valence-electron chi connectivity index (χ1n) is 0. The molecule has 0 spiro atoms. The first kappa shape index (κ1) is 31.5. The zero-order valence-corrected chi connectivity index (χ0v) is 7.37. The Balaban J connectivity index is 0. The predicted molar refractivity (Wildman–Crippen MR) is 13.0 cm³/mol. The van der Waals surface area contributed by atoms with E-state index in [-0.39, 0.29) is 91.7 Å². The average Bonchev–Trinajstić information content (AvgIpc) is 0. The van der Waals surface area contributed by atoms with Crippen LogP contribution in [-0.2, 0) is 0 Å². The fourth-order valence-corrected chi connectivity index (χ4v) is 0. The molecule has 0 nitrogen and oxygen atoms in total. The van der Waals surface area contributed by atoms with Gasteiger partial charge in [-0.05, 0) is 0 Å². The van der Waals surface area contributed by atoms with Crippen LogP contribution in [0.3, 0.4) is 0 Å². The molecule has 0 atom stereocenters. The van der Waals surface area contributed by atoms with E-state index < -0.39 is 0 Å². The summed E-state index contributed by atoms with van der Waals surface area (Å²) in [7, 11) is 0. The largest absolute Gasteiger partial charge is 2.00 e. The Morgan fingerprint density at radius 1 is 1.00 bits per heavy atom. The molecule has 0 aliphatic rings. The van der Waals surface area contributed by atoms with Crippen molar-refractivity contribution < 1.29 is 54.0 Å². The first-order chi connectivity index (χ1) is 0. The van der Waals surface area contributed by atoms with Crippen molar-refractivity contribution in [3.63, 3.8) is 0 Å². The Bertz CT molecular complexity index is 11.5. The molecule has 0 aliphatic carbocycles. The molecule has 0 radical (unpaired) electrons. The standard InChI is InChI=1S/Ca.Ce.2FH.2H/h;;2*1H;;/q+2;;;;2*-1. The summed E-state index contributed by atoms with van der Waals surface area (Å²) in [6.45, 7) is 0. The van der Waals surface area contributed by atoms with Gasteiger partial charge >= 0.3 is 37.7 Å². The van der Waals surface area contributed by atoms with E-state index in [0.29, 0.717) is 0 Å². The normalized spacial score (nSPS) is 0. The van der Waals surface area contributed by atoms with Crippen LogP contribution >= 0.6 is 0 Å². The van der Waals surface area contributed by atoms with Crippen molar-refractivity contribution in [2.45, 2.75) is 0 Å². The van der Waals surface area contributed by atoms with E-state index in [1.807, 2.05) is 0 Å². The number of hydrogen-bond acceptors (Lipinski definition) is 0. The van der Waals surface area contributed by atoms with Gasteiger partial charge in [-0.2, -0.15) is 0 Å². The van der Waals surface area contributed by atoms with Crippen molar-refractivity contribution in [1.29, 1.82) is 0 Å². The second-order valence-corrected chi connectivity index (χ2v) is 0. The second kappa shape index (κ2) is 17.8. The summed E-state index contributed by atoms with van der Waals surface area (Å²) in [6, 6.07) is 0. The fraction of sp³-hybridized carbons (Fsp3) is 0. The summed E-state index contributed by atoms with van der Waals surface area (Å²) in [5, 5.41) is 0. The Kier molecular flexibility index (Phi) is 140. The molecule has 0 heterocycles. The molecule has 0 rings (SSSR count). The monoisotopic (exact) mass is 222 g/mol. The Morgan fingerprint density at radius 3 is 1.00 bits per heavy atom. The molecular formula is H4CaCeF2. The number of rotatable bonds is 0. The summed E-state index contributed by atoms with van der Waals surface area (Å²) in [4.78, 5) is 0. The van der Waals surface area contributed by atoms with Crippen molar-refractivity contribution in [2.24, 2.45) is 0 Å². The van der Waals surface area contributed by atoms with E-state index in [1.165, 1.54) is 0 Å². The minimum Gasteiger partial charge on any atom is -1.00 e. The molecule has 0 aromatic carbocycles. The zero-order chi connectivity index (χ0) is 0. The van der Waals surface area contributed by atoms with E-state index in [1.54, 1.807) is 0 Å². The van der Waals surface area contributed by atoms with E-state index >= 15 is 0 Å². The minimum absolute atomic E-state index is 0. The Hall–Kier alpha value is 2.50. The molecule has 0 saturated heterocycles. The van der Waals surface area contributed by atoms with Gasteiger partial charge in [-0.25, -0.2) is 0 Å². The quantitative estimate of drug-likeness (QED) is 0.512. The molecule has 0 aromatic rings. The van der Waals surface area contributed by atoms with Gasteiger partial charge in [-0.3, -0.25) is 9.41 Å². The van der Waals surface area contributed by atoms with Crippen LogP contribution in [0, 0.1) is 41.7 Å². The molecule has 0 N–H and O–H groups in total. The third-order valence-electron chi connectivity index (χ3n) is 0. The molecule has 4 heavy (non-hydrogen) atoms. The molecule has 0 aromatic heterocycles.